The number of aromatic nitrogens is 3. The second kappa shape index (κ2) is 13.1. The predicted molar refractivity (Wildman–Crippen MR) is 153 cm³/mol. The predicted octanol–water partition coefficient (Wildman–Crippen LogP) is 3.61. The van der Waals surface area contributed by atoms with Crippen LogP contribution in [0.1, 0.15) is 40.0 Å². The number of hydrogen-bond acceptors (Lipinski definition) is 7. The van der Waals surface area contributed by atoms with E-state index < -0.39 is 30.1 Å². The van der Waals surface area contributed by atoms with E-state index in [-0.39, 0.29) is 37.9 Å². The molecule has 0 saturated heterocycles. The minimum Gasteiger partial charge on any atom is -0.480 e. The Morgan fingerprint density at radius 1 is 0.952 bits per heavy atom. The summed E-state index contributed by atoms with van der Waals surface area (Å²) in [6, 6.07) is 24.2. The van der Waals surface area contributed by atoms with Crippen molar-refractivity contribution in [3.05, 3.63) is 107 Å². The number of carbonyl (C=O) groups excluding carboxylic acids is 2. The fraction of sp³-hybridized carbons (Fsp3) is 0.258. The third kappa shape index (κ3) is 6.64. The van der Waals surface area contributed by atoms with Crippen molar-refractivity contribution >= 4 is 18.0 Å². The van der Waals surface area contributed by atoms with E-state index in [9.17, 15) is 19.5 Å². The Morgan fingerprint density at radius 3 is 2.26 bits per heavy atom. The van der Waals surface area contributed by atoms with Crippen LogP contribution >= 0.6 is 0 Å². The highest BCUT2D eigenvalue weighted by atomic mass is 16.5. The number of aliphatic carboxylic acids is 1. The molecule has 5 rings (SSSR count). The zero-order chi connectivity index (χ0) is 29.5. The van der Waals surface area contributed by atoms with Crippen LogP contribution in [0.5, 0.6) is 0 Å². The van der Waals surface area contributed by atoms with Gasteiger partial charge in [0.25, 0.3) is 5.91 Å². The van der Waals surface area contributed by atoms with Gasteiger partial charge in [0.15, 0.2) is 11.7 Å². The van der Waals surface area contributed by atoms with Gasteiger partial charge in [-0.2, -0.15) is 0 Å². The van der Waals surface area contributed by atoms with Gasteiger partial charge in [0.2, 0.25) is 0 Å². The average Bonchev–Trinajstić information content (AvgIpc) is 3.61. The van der Waals surface area contributed by atoms with E-state index in [0.29, 0.717) is 0 Å². The van der Waals surface area contributed by atoms with Gasteiger partial charge in [-0.05, 0) is 34.7 Å². The number of hydrogen-bond donors (Lipinski definition) is 3. The van der Waals surface area contributed by atoms with Gasteiger partial charge >= 0.3 is 12.1 Å². The molecule has 2 atom stereocenters. The summed E-state index contributed by atoms with van der Waals surface area (Å²) in [6.45, 7) is 2.39. The number of carbonyl (C=O) groups is 3. The molecule has 216 valence electrons. The van der Waals surface area contributed by atoms with Crippen LogP contribution in [0.15, 0.2) is 85.1 Å². The first-order valence-electron chi connectivity index (χ1n) is 13.6. The number of ether oxygens (including phenoxy) is 2. The maximum absolute atomic E-state index is 12.7. The maximum atomic E-state index is 12.7. The summed E-state index contributed by atoms with van der Waals surface area (Å²) >= 11 is 0. The SMILES string of the molecule is C[C@@H](OCc1ccccc1)[C@H](NC(=O)c1cn(CCNC(=O)OCC2c3ccccc3-c3ccccc32)nn1)C(=O)O. The number of nitrogens with one attached hydrogen (secondary N) is 2. The Kier molecular flexibility index (Phi) is 8.88. The molecule has 0 aliphatic heterocycles. The average molecular weight is 570 g/mol. The first kappa shape index (κ1) is 28.5. The van der Waals surface area contributed by atoms with Crippen molar-refractivity contribution in [2.24, 2.45) is 0 Å². The van der Waals surface area contributed by atoms with Crippen molar-refractivity contribution in [2.45, 2.75) is 38.1 Å². The zero-order valence-corrected chi connectivity index (χ0v) is 23.0. The number of amides is 2. The Morgan fingerprint density at radius 2 is 1.60 bits per heavy atom. The minimum absolute atomic E-state index is 0.0411. The Hall–Kier alpha value is -5.03. The van der Waals surface area contributed by atoms with Crippen molar-refractivity contribution < 1.29 is 29.0 Å². The highest BCUT2D eigenvalue weighted by Gasteiger charge is 2.30. The second-order valence-corrected chi connectivity index (χ2v) is 9.91. The van der Waals surface area contributed by atoms with Crippen molar-refractivity contribution in [3.63, 3.8) is 0 Å². The number of carboxylic acid groups (broad SMARTS) is 1. The Balaban J connectivity index is 1.08. The summed E-state index contributed by atoms with van der Waals surface area (Å²) in [4.78, 5) is 36.9. The Labute approximate surface area is 242 Å². The molecule has 2 amide bonds. The lowest BCUT2D eigenvalue weighted by molar-refractivity contribution is -0.143. The summed E-state index contributed by atoms with van der Waals surface area (Å²) in [7, 11) is 0. The van der Waals surface area contributed by atoms with Crippen LogP contribution in [0.3, 0.4) is 0 Å². The van der Waals surface area contributed by atoms with Crippen LogP contribution in [-0.4, -0.2) is 63.4 Å². The first-order chi connectivity index (χ1) is 20.4. The van der Waals surface area contributed by atoms with Crippen molar-refractivity contribution in [2.75, 3.05) is 13.2 Å². The van der Waals surface area contributed by atoms with Gasteiger partial charge in [-0.25, -0.2) is 14.3 Å². The van der Waals surface area contributed by atoms with Gasteiger partial charge in [0, 0.05) is 12.5 Å². The molecule has 3 aromatic carbocycles. The summed E-state index contributed by atoms with van der Waals surface area (Å²) in [6.07, 6.45) is 0.00945. The normalized spacial score (nSPS) is 13.5. The molecule has 0 unspecified atom stereocenters. The van der Waals surface area contributed by atoms with E-state index in [4.69, 9.17) is 9.47 Å². The fourth-order valence-corrected chi connectivity index (χ4v) is 4.93. The second-order valence-electron chi connectivity index (χ2n) is 9.91. The van der Waals surface area contributed by atoms with E-state index in [0.717, 1.165) is 27.8 Å². The van der Waals surface area contributed by atoms with Crippen LogP contribution in [-0.2, 0) is 27.4 Å². The molecule has 0 radical (unpaired) electrons. The molecule has 3 N–H and O–H groups in total. The monoisotopic (exact) mass is 569 g/mol. The number of benzene rings is 3. The first-order valence-corrected chi connectivity index (χ1v) is 13.6. The van der Waals surface area contributed by atoms with E-state index in [2.05, 4.69) is 45.2 Å². The molecular formula is C31H31N5O6. The number of nitrogens with zero attached hydrogens (tertiary/aromatic N) is 3. The molecule has 1 aromatic heterocycles. The standard InChI is InChI=1S/C31H31N5O6/c1-20(41-18-21-9-3-2-4-10-21)28(30(38)39)33-29(37)27-17-36(35-34-27)16-15-32-31(40)42-19-26-24-13-7-5-11-22(24)23-12-6-8-14-25(23)26/h2-14,17,20,26,28H,15-16,18-19H2,1H3,(H,32,40)(H,33,37)(H,38,39)/t20-,28+/m1/s1. The van der Waals surface area contributed by atoms with E-state index in [1.807, 2.05) is 54.6 Å². The van der Waals surface area contributed by atoms with Crippen LogP contribution in [0.25, 0.3) is 11.1 Å². The molecule has 0 spiro atoms. The lowest BCUT2D eigenvalue weighted by Gasteiger charge is -2.21. The molecular weight excluding hydrogens is 538 g/mol. The van der Waals surface area contributed by atoms with Crippen LogP contribution in [0.2, 0.25) is 0 Å². The van der Waals surface area contributed by atoms with Gasteiger partial charge in [-0.15, -0.1) is 5.10 Å². The molecule has 11 heteroatoms. The fourth-order valence-electron chi connectivity index (χ4n) is 4.93. The maximum Gasteiger partial charge on any atom is 0.407 e. The number of fused-ring (bicyclic) bond motifs is 3. The number of alkyl carbamates (subject to hydrolysis) is 1. The Bertz CT molecular complexity index is 1510. The lowest BCUT2D eigenvalue weighted by Crippen LogP contribution is -2.48. The molecule has 4 aromatic rings. The quantitative estimate of drug-likeness (QED) is 0.235. The molecule has 1 heterocycles. The van der Waals surface area contributed by atoms with Gasteiger partial charge in [-0.1, -0.05) is 84.1 Å². The van der Waals surface area contributed by atoms with Gasteiger partial charge in [0.05, 0.1) is 25.5 Å². The number of carboxylic acids is 1. The number of rotatable bonds is 12. The third-order valence-corrected chi connectivity index (χ3v) is 7.10. The van der Waals surface area contributed by atoms with Crippen molar-refractivity contribution in [1.82, 2.24) is 25.6 Å². The molecule has 0 bridgehead atoms. The highest BCUT2D eigenvalue weighted by Crippen LogP contribution is 2.44. The van der Waals surface area contributed by atoms with Crippen LogP contribution < -0.4 is 10.6 Å². The van der Waals surface area contributed by atoms with Crippen molar-refractivity contribution in [1.29, 1.82) is 0 Å². The van der Waals surface area contributed by atoms with E-state index in [1.165, 1.54) is 10.9 Å². The topological polar surface area (TPSA) is 145 Å². The van der Waals surface area contributed by atoms with E-state index >= 15 is 0 Å². The largest absolute Gasteiger partial charge is 0.480 e. The summed E-state index contributed by atoms with van der Waals surface area (Å²) in [5.74, 6) is -1.97. The van der Waals surface area contributed by atoms with Crippen LogP contribution in [0, 0.1) is 0 Å². The summed E-state index contributed by atoms with van der Waals surface area (Å²) < 4.78 is 12.6. The molecule has 1 aliphatic carbocycles. The van der Waals surface area contributed by atoms with Gasteiger partial charge in [0.1, 0.15) is 6.61 Å². The smallest absolute Gasteiger partial charge is 0.407 e. The molecule has 42 heavy (non-hydrogen) atoms. The molecule has 0 saturated carbocycles. The summed E-state index contributed by atoms with van der Waals surface area (Å²) in [5.41, 5.74) is 5.38. The zero-order valence-electron chi connectivity index (χ0n) is 23.0. The summed E-state index contributed by atoms with van der Waals surface area (Å²) in [5, 5.41) is 22.5. The minimum atomic E-state index is -1.29. The molecule has 11 nitrogen and oxygen atoms in total. The molecule has 1 aliphatic rings. The lowest BCUT2D eigenvalue weighted by atomic mass is 9.98. The highest BCUT2D eigenvalue weighted by molar-refractivity contribution is 5.94. The molecule has 0 fully saturated rings. The third-order valence-electron chi connectivity index (χ3n) is 7.10. The van der Waals surface area contributed by atoms with Crippen LogP contribution in [0.4, 0.5) is 4.79 Å². The van der Waals surface area contributed by atoms with Gasteiger partial charge < -0.3 is 25.2 Å². The van der Waals surface area contributed by atoms with Crippen molar-refractivity contribution in [3.8, 4) is 11.1 Å². The van der Waals surface area contributed by atoms with Gasteiger partial charge in [-0.3, -0.25) is 4.79 Å². The van der Waals surface area contributed by atoms with E-state index in [1.54, 1.807) is 6.92 Å².